The van der Waals surface area contributed by atoms with E-state index in [9.17, 15) is 9.59 Å². The van der Waals surface area contributed by atoms with Crippen molar-refractivity contribution in [1.82, 2.24) is 5.32 Å². The molecule has 0 aromatic carbocycles. The molecule has 2 atom stereocenters. The third kappa shape index (κ3) is 3.74. The fourth-order valence-corrected chi connectivity index (χ4v) is 0.758. The quantitative estimate of drug-likeness (QED) is 0.598. The molecule has 5 nitrogen and oxygen atoms in total. The largest absolute Gasteiger partial charge is 0.480 e. The molecular weight excluding hydrogens is 184 g/mol. The number of carboxylic acid groups (broad SMARTS) is 1. The molecule has 4 N–H and O–H groups in total. The molecule has 0 bridgehead atoms. The second-order valence-electron chi connectivity index (χ2n) is 4.41. The first-order chi connectivity index (χ1) is 6.16. The van der Waals surface area contributed by atoms with Gasteiger partial charge in [-0.3, -0.25) is 9.59 Å². The molecule has 0 saturated carbocycles. The molecule has 0 radical (unpaired) electrons. The van der Waals surface area contributed by atoms with Gasteiger partial charge in [-0.1, -0.05) is 20.8 Å². The first-order valence-electron chi connectivity index (χ1n) is 4.45. The first-order valence-corrected chi connectivity index (χ1v) is 4.45. The third-order valence-electron chi connectivity index (χ3n) is 1.94. The molecule has 0 aromatic rings. The van der Waals surface area contributed by atoms with E-state index in [4.69, 9.17) is 10.8 Å². The third-order valence-corrected chi connectivity index (χ3v) is 1.94. The van der Waals surface area contributed by atoms with Gasteiger partial charge < -0.3 is 16.2 Å². The number of carbonyl (C=O) groups excluding carboxylic acids is 1. The number of amides is 1. The summed E-state index contributed by atoms with van der Waals surface area (Å²) in [6.45, 7) is 6.86. The smallest absolute Gasteiger partial charge is 0.325 e. The first kappa shape index (κ1) is 12.9. The fourth-order valence-electron chi connectivity index (χ4n) is 0.758. The Bertz CT molecular complexity index is 233. The van der Waals surface area contributed by atoms with Crippen LogP contribution in [0.2, 0.25) is 0 Å². The average molecular weight is 202 g/mol. The van der Waals surface area contributed by atoms with Crippen LogP contribution in [0.1, 0.15) is 27.7 Å². The highest BCUT2D eigenvalue weighted by Gasteiger charge is 2.29. The summed E-state index contributed by atoms with van der Waals surface area (Å²) in [6.07, 6.45) is 0. The van der Waals surface area contributed by atoms with E-state index in [0.717, 1.165) is 0 Å². The second-order valence-corrected chi connectivity index (χ2v) is 4.41. The fraction of sp³-hybridized carbons (Fsp3) is 0.778. The SMILES string of the molecule is C[C@@H](NC(=O)[C@@H](N)C(C)(C)C)C(=O)O. The molecule has 0 spiro atoms. The van der Waals surface area contributed by atoms with E-state index in [1.807, 2.05) is 20.8 Å². The number of nitrogens with two attached hydrogens (primary N) is 1. The maximum absolute atomic E-state index is 11.4. The zero-order chi connectivity index (χ0) is 11.5. The zero-order valence-corrected chi connectivity index (χ0v) is 9.00. The van der Waals surface area contributed by atoms with E-state index in [1.54, 1.807) is 0 Å². The highest BCUT2D eigenvalue weighted by Crippen LogP contribution is 2.17. The number of hydrogen-bond donors (Lipinski definition) is 3. The summed E-state index contributed by atoms with van der Waals surface area (Å²) in [6, 6.07) is -1.61. The molecule has 1 amide bonds. The predicted octanol–water partition coefficient (Wildman–Crippen LogP) is -0.0509. The van der Waals surface area contributed by atoms with E-state index in [2.05, 4.69) is 5.32 Å². The Morgan fingerprint density at radius 2 is 1.79 bits per heavy atom. The highest BCUT2D eigenvalue weighted by atomic mass is 16.4. The zero-order valence-electron chi connectivity index (χ0n) is 9.00. The van der Waals surface area contributed by atoms with Crippen molar-refractivity contribution in [3.05, 3.63) is 0 Å². The van der Waals surface area contributed by atoms with Gasteiger partial charge in [0, 0.05) is 0 Å². The van der Waals surface area contributed by atoms with Crippen LogP contribution >= 0.6 is 0 Å². The Kier molecular flexibility index (Phi) is 4.07. The van der Waals surface area contributed by atoms with Gasteiger partial charge in [0.1, 0.15) is 6.04 Å². The molecular formula is C9H18N2O3. The second kappa shape index (κ2) is 4.41. The van der Waals surface area contributed by atoms with E-state index in [0.29, 0.717) is 0 Å². The molecule has 0 aliphatic heterocycles. The van der Waals surface area contributed by atoms with Gasteiger partial charge in [0.25, 0.3) is 0 Å². The van der Waals surface area contributed by atoms with Gasteiger partial charge in [-0.05, 0) is 12.3 Å². The minimum atomic E-state index is -1.07. The number of hydrogen-bond acceptors (Lipinski definition) is 3. The van der Waals surface area contributed by atoms with Crippen LogP contribution in [0.3, 0.4) is 0 Å². The van der Waals surface area contributed by atoms with Crippen molar-refractivity contribution < 1.29 is 14.7 Å². The predicted molar refractivity (Wildman–Crippen MR) is 52.7 cm³/mol. The van der Waals surface area contributed by atoms with Crippen molar-refractivity contribution in [2.24, 2.45) is 11.1 Å². The minimum Gasteiger partial charge on any atom is -0.480 e. The lowest BCUT2D eigenvalue weighted by atomic mass is 9.87. The Labute approximate surface area is 83.7 Å². The van der Waals surface area contributed by atoms with Crippen LogP contribution in [0.15, 0.2) is 0 Å². The van der Waals surface area contributed by atoms with Gasteiger partial charge in [-0.25, -0.2) is 0 Å². The summed E-state index contributed by atoms with van der Waals surface area (Å²) in [4.78, 5) is 21.9. The van der Waals surface area contributed by atoms with Gasteiger partial charge in [0.15, 0.2) is 0 Å². The average Bonchev–Trinajstić information content (AvgIpc) is 2.00. The lowest BCUT2D eigenvalue weighted by Crippen LogP contribution is -2.52. The number of rotatable bonds is 3. The van der Waals surface area contributed by atoms with Crippen molar-refractivity contribution in [1.29, 1.82) is 0 Å². The van der Waals surface area contributed by atoms with Crippen LogP contribution in [-0.4, -0.2) is 29.1 Å². The van der Waals surface area contributed by atoms with E-state index in [1.165, 1.54) is 6.92 Å². The van der Waals surface area contributed by atoms with Gasteiger partial charge in [0.2, 0.25) is 5.91 Å². The van der Waals surface area contributed by atoms with Crippen molar-refractivity contribution in [3.8, 4) is 0 Å². The molecule has 0 unspecified atom stereocenters. The Morgan fingerprint density at radius 3 is 2.07 bits per heavy atom. The molecule has 0 saturated heterocycles. The van der Waals surface area contributed by atoms with Crippen LogP contribution in [-0.2, 0) is 9.59 Å². The molecule has 5 heteroatoms. The molecule has 0 aliphatic carbocycles. The van der Waals surface area contributed by atoms with E-state index >= 15 is 0 Å². The summed E-state index contributed by atoms with van der Waals surface area (Å²) < 4.78 is 0. The maximum Gasteiger partial charge on any atom is 0.325 e. The summed E-state index contributed by atoms with van der Waals surface area (Å²) >= 11 is 0. The molecule has 0 fully saturated rings. The molecule has 0 rings (SSSR count). The number of nitrogens with one attached hydrogen (secondary N) is 1. The van der Waals surface area contributed by atoms with Crippen LogP contribution in [0.25, 0.3) is 0 Å². The van der Waals surface area contributed by atoms with Crippen LogP contribution < -0.4 is 11.1 Å². The molecule has 0 heterocycles. The lowest BCUT2D eigenvalue weighted by molar-refractivity contribution is -0.141. The summed E-state index contributed by atoms with van der Waals surface area (Å²) in [5.41, 5.74) is 5.27. The molecule has 0 aliphatic rings. The summed E-state index contributed by atoms with van der Waals surface area (Å²) in [5.74, 6) is -1.51. The van der Waals surface area contributed by atoms with Crippen LogP contribution in [0, 0.1) is 5.41 Å². The Balaban J connectivity index is 4.29. The maximum atomic E-state index is 11.4. The monoisotopic (exact) mass is 202 g/mol. The Morgan fingerprint density at radius 1 is 1.36 bits per heavy atom. The van der Waals surface area contributed by atoms with Crippen molar-refractivity contribution in [3.63, 3.8) is 0 Å². The van der Waals surface area contributed by atoms with Gasteiger partial charge >= 0.3 is 5.97 Å². The number of carbonyl (C=O) groups is 2. The summed E-state index contributed by atoms with van der Waals surface area (Å²) in [5, 5.41) is 10.9. The standard InChI is InChI=1S/C9H18N2O3/c1-5(8(13)14)11-7(12)6(10)9(2,3)4/h5-6H,10H2,1-4H3,(H,11,12)(H,13,14)/t5-,6-/m1/s1. The van der Waals surface area contributed by atoms with Crippen molar-refractivity contribution in [2.45, 2.75) is 39.8 Å². The summed E-state index contributed by atoms with van der Waals surface area (Å²) in [7, 11) is 0. The van der Waals surface area contributed by atoms with Crippen molar-refractivity contribution in [2.75, 3.05) is 0 Å². The molecule has 0 aromatic heterocycles. The normalized spacial score (nSPS) is 15.8. The van der Waals surface area contributed by atoms with Crippen molar-refractivity contribution >= 4 is 11.9 Å². The molecule has 14 heavy (non-hydrogen) atoms. The van der Waals surface area contributed by atoms with E-state index in [-0.39, 0.29) is 5.41 Å². The highest BCUT2D eigenvalue weighted by molar-refractivity contribution is 5.87. The Hall–Kier alpha value is -1.10. The van der Waals surface area contributed by atoms with Gasteiger partial charge in [-0.15, -0.1) is 0 Å². The van der Waals surface area contributed by atoms with Crippen LogP contribution in [0.4, 0.5) is 0 Å². The van der Waals surface area contributed by atoms with Gasteiger partial charge in [0.05, 0.1) is 6.04 Å². The van der Waals surface area contributed by atoms with E-state index < -0.39 is 24.0 Å². The van der Waals surface area contributed by atoms with Crippen LogP contribution in [0.5, 0.6) is 0 Å². The molecule has 82 valence electrons. The number of aliphatic carboxylic acids is 1. The number of carboxylic acids is 1. The topological polar surface area (TPSA) is 92.4 Å². The van der Waals surface area contributed by atoms with Gasteiger partial charge in [-0.2, -0.15) is 0 Å². The lowest BCUT2D eigenvalue weighted by Gasteiger charge is -2.26. The minimum absolute atomic E-state index is 0.373.